The second-order valence-corrected chi connectivity index (χ2v) is 5.31. The maximum atomic E-state index is 12.2. The summed E-state index contributed by atoms with van der Waals surface area (Å²) in [6, 6.07) is 7.05. The third-order valence-electron chi connectivity index (χ3n) is 3.61. The molecule has 1 aromatic heterocycles. The number of amides is 1. The average molecular weight is 316 g/mol. The van der Waals surface area contributed by atoms with Gasteiger partial charge in [-0.1, -0.05) is 17.3 Å². The van der Waals surface area contributed by atoms with Crippen LogP contribution in [0.5, 0.6) is 5.75 Å². The van der Waals surface area contributed by atoms with E-state index in [2.05, 4.69) is 15.6 Å². The van der Waals surface area contributed by atoms with E-state index >= 15 is 0 Å². The number of rotatable bonds is 6. The van der Waals surface area contributed by atoms with Gasteiger partial charge in [0.15, 0.2) is 5.69 Å². The van der Waals surface area contributed by atoms with Crippen LogP contribution in [0, 0.1) is 0 Å². The summed E-state index contributed by atoms with van der Waals surface area (Å²) in [5, 5.41) is 19.4. The number of nitrogens with zero attached hydrogens (tertiary/aromatic N) is 3. The van der Waals surface area contributed by atoms with E-state index in [1.54, 1.807) is 24.3 Å². The molecule has 1 fully saturated rings. The van der Waals surface area contributed by atoms with Gasteiger partial charge in [-0.2, -0.15) is 0 Å². The molecule has 0 radical (unpaired) electrons. The average Bonchev–Trinajstić information content (AvgIpc) is 3.28. The molecule has 1 saturated carbocycles. The minimum Gasteiger partial charge on any atom is -0.495 e. The SMILES string of the molecule is COc1ccccc1NC(=O)Cn1nnc(C(=O)O)c1C1CC1. The highest BCUT2D eigenvalue weighted by Crippen LogP contribution is 2.41. The van der Waals surface area contributed by atoms with Gasteiger partial charge in [-0.05, 0) is 25.0 Å². The zero-order valence-electron chi connectivity index (χ0n) is 12.5. The van der Waals surface area contributed by atoms with Crippen LogP contribution in [0.25, 0.3) is 0 Å². The monoisotopic (exact) mass is 316 g/mol. The predicted molar refractivity (Wildman–Crippen MR) is 80.6 cm³/mol. The summed E-state index contributed by atoms with van der Waals surface area (Å²) in [5.74, 6) is -0.773. The summed E-state index contributed by atoms with van der Waals surface area (Å²) in [6.07, 6.45) is 1.78. The lowest BCUT2D eigenvalue weighted by Gasteiger charge is -2.10. The number of ether oxygens (including phenoxy) is 1. The second-order valence-electron chi connectivity index (χ2n) is 5.31. The van der Waals surface area contributed by atoms with Crippen LogP contribution in [0.2, 0.25) is 0 Å². The van der Waals surface area contributed by atoms with Crippen molar-refractivity contribution in [1.29, 1.82) is 0 Å². The molecular formula is C15H16N4O4. The minimum atomic E-state index is -1.12. The number of aromatic carboxylic acids is 1. The molecule has 2 N–H and O–H groups in total. The summed E-state index contributed by atoms with van der Waals surface area (Å²) in [7, 11) is 1.52. The van der Waals surface area contributed by atoms with Crippen molar-refractivity contribution in [2.45, 2.75) is 25.3 Å². The van der Waals surface area contributed by atoms with Gasteiger partial charge in [0.2, 0.25) is 5.91 Å². The lowest BCUT2D eigenvalue weighted by Crippen LogP contribution is -2.21. The van der Waals surface area contributed by atoms with Gasteiger partial charge >= 0.3 is 5.97 Å². The Labute approximate surface area is 132 Å². The Hall–Kier alpha value is -2.90. The molecule has 8 heteroatoms. The molecule has 1 amide bonds. The van der Waals surface area contributed by atoms with E-state index in [0.717, 1.165) is 12.8 Å². The number of hydrogen-bond acceptors (Lipinski definition) is 5. The third-order valence-corrected chi connectivity index (χ3v) is 3.61. The second kappa shape index (κ2) is 6.07. The van der Waals surface area contributed by atoms with Crippen molar-refractivity contribution < 1.29 is 19.4 Å². The number of nitrogens with one attached hydrogen (secondary N) is 1. The van der Waals surface area contributed by atoms with E-state index in [-0.39, 0.29) is 24.1 Å². The lowest BCUT2D eigenvalue weighted by atomic mass is 10.2. The first kappa shape index (κ1) is 15.0. The van der Waals surface area contributed by atoms with Gasteiger partial charge in [-0.3, -0.25) is 4.79 Å². The number of carbonyl (C=O) groups is 2. The molecule has 0 spiro atoms. The third kappa shape index (κ3) is 3.15. The van der Waals surface area contributed by atoms with Crippen molar-refractivity contribution in [2.24, 2.45) is 0 Å². The smallest absolute Gasteiger partial charge is 0.358 e. The van der Waals surface area contributed by atoms with Gasteiger partial charge in [0.1, 0.15) is 12.3 Å². The molecule has 1 aliphatic carbocycles. The van der Waals surface area contributed by atoms with Crippen molar-refractivity contribution in [3.63, 3.8) is 0 Å². The van der Waals surface area contributed by atoms with Crippen LogP contribution >= 0.6 is 0 Å². The molecule has 0 saturated heterocycles. The van der Waals surface area contributed by atoms with E-state index in [1.165, 1.54) is 11.8 Å². The van der Waals surface area contributed by atoms with Crippen LogP contribution in [0.3, 0.4) is 0 Å². The molecule has 23 heavy (non-hydrogen) atoms. The molecule has 1 aliphatic rings. The Kier molecular flexibility index (Phi) is 3.96. The molecular weight excluding hydrogens is 300 g/mol. The fourth-order valence-electron chi connectivity index (χ4n) is 2.42. The van der Waals surface area contributed by atoms with Crippen molar-refractivity contribution in [1.82, 2.24) is 15.0 Å². The molecule has 0 unspecified atom stereocenters. The lowest BCUT2D eigenvalue weighted by molar-refractivity contribution is -0.117. The van der Waals surface area contributed by atoms with Crippen LogP contribution in [-0.4, -0.2) is 39.1 Å². The van der Waals surface area contributed by atoms with Gasteiger partial charge < -0.3 is 15.2 Å². The van der Waals surface area contributed by atoms with E-state index in [9.17, 15) is 9.59 Å². The summed E-state index contributed by atoms with van der Waals surface area (Å²) in [4.78, 5) is 23.4. The quantitative estimate of drug-likeness (QED) is 0.836. The molecule has 0 aliphatic heterocycles. The first-order valence-electron chi connectivity index (χ1n) is 7.19. The zero-order chi connectivity index (χ0) is 16.4. The van der Waals surface area contributed by atoms with Gasteiger partial charge in [-0.25, -0.2) is 9.48 Å². The minimum absolute atomic E-state index is 0.0717. The Balaban J connectivity index is 1.77. The topological polar surface area (TPSA) is 106 Å². The number of carbonyl (C=O) groups excluding carboxylic acids is 1. The molecule has 1 heterocycles. The number of aromatic nitrogens is 3. The molecule has 120 valence electrons. The Morgan fingerprint density at radius 1 is 1.39 bits per heavy atom. The van der Waals surface area contributed by atoms with E-state index in [0.29, 0.717) is 17.1 Å². The fourth-order valence-corrected chi connectivity index (χ4v) is 2.42. The standard InChI is InChI=1S/C15H16N4O4/c1-23-11-5-3-2-4-10(11)16-12(20)8-19-14(9-6-7-9)13(15(21)22)17-18-19/h2-5,9H,6-8H2,1H3,(H,16,20)(H,21,22). The maximum absolute atomic E-state index is 12.2. The van der Waals surface area contributed by atoms with Crippen LogP contribution in [-0.2, 0) is 11.3 Å². The van der Waals surface area contributed by atoms with E-state index in [4.69, 9.17) is 9.84 Å². The number of methoxy groups -OCH3 is 1. The van der Waals surface area contributed by atoms with Crippen molar-refractivity contribution in [3.8, 4) is 5.75 Å². The molecule has 0 bridgehead atoms. The molecule has 8 nitrogen and oxygen atoms in total. The van der Waals surface area contributed by atoms with Gasteiger partial charge in [-0.15, -0.1) is 5.10 Å². The Morgan fingerprint density at radius 2 is 2.13 bits per heavy atom. The number of carboxylic acids is 1. The van der Waals surface area contributed by atoms with Gasteiger partial charge in [0.05, 0.1) is 18.5 Å². The molecule has 2 aromatic rings. The molecule has 3 rings (SSSR count). The molecule has 1 aromatic carbocycles. The number of para-hydroxylation sites is 2. The molecule has 0 atom stereocenters. The number of hydrogen-bond donors (Lipinski definition) is 2. The Morgan fingerprint density at radius 3 is 2.78 bits per heavy atom. The Bertz CT molecular complexity index is 752. The number of benzene rings is 1. The van der Waals surface area contributed by atoms with E-state index < -0.39 is 5.97 Å². The number of anilines is 1. The van der Waals surface area contributed by atoms with Crippen LogP contribution in [0.15, 0.2) is 24.3 Å². The van der Waals surface area contributed by atoms with Crippen molar-refractivity contribution >= 4 is 17.6 Å². The summed E-state index contributed by atoms with van der Waals surface area (Å²) < 4.78 is 6.54. The van der Waals surface area contributed by atoms with Crippen LogP contribution in [0.1, 0.15) is 34.9 Å². The van der Waals surface area contributed by atoms with E-state index in [1.807, 2.05) is 0 Å². The van der Waals surface area contributed by atoms with Gasteiger partial charge in [0, 0.05) is 5.92 Å². The first-order valence-corrected chi connectivity index (χ1v) is 7.19. The highest BCUT2D eigenvalue weighted by molar-refractivity contribution is 5.92. The fraction of sp³-hybridized carbons (Fsp3) is 0.333. The first-order chi connectivity index (χ1) is 11.1. The predicted octanol–water partition coefficient (Wildman–Crippen LogP) is 1.50. The summed E-state index contributed by atoms with van der Waals surface area (Å²) in [6.45, 7) is -0.0931. The highest BCUT2D eigenvalue weighted by Gasteiger charge is 2.34. The normalized spacial score (nSPS) is 13.6. The largest absolute Gasteiger partial charge is 0.495 e. The van der Waals surface area contributed by atoms with Crippen LogP contribution < -0.4 is 10.1 Å². The highest BCUT2D eigenvalue weighted by atomic mass is 16.5. The zero-order valence-corrected chi connectivity index (χ0v) is 12.5. The number of carboxylic acid groups (broad SMARTS) is 1. The summed E-state index contributed by atoms with van der Waals surface area (Å²) >= 11 is 0. The van der Waals surface area contributed by atoms with Crippen molar-refractivity contribution in [2.75, 3.05) is 12.4 Å². The van der Waals surface area contributed by atoms with Crippen molar-refractivity contribution in [3.05, 3.63) is 35.7 Å². The maximum Gasteiger partial charge on any atom is 0.358 e. The summed E-state index contributed by atoms with van der Waals surface area (Å²) in [5.41, 5.74) is 0.997. The van der Waals surface area contributed by atoms with Crippen LogP contribution in [0.4, 0.5) is 5.69 Å². The van der Waals surface area contributed by atoms with Gasteiger partial charge in [0.25, 0.3) is 0 Å².